The molecular formula is C18H18FNO4. The van der Waals surface area contributed by atoms with Gasteiger partial charge in [0.05, 0.1) is 5.56 Å². The lowest BCUT2D eigenvalue weighted by Gasteiger charge is -2.19. The lowest BCUT2D eigenvalue weighted by molar-refractivity contribution is 0.0634. The van der Waals surface area contributed by atoms with Crippen molar-refractivity contribution in [3.05, 3.63) is 53.8 Å². The number of carbonyl (C=O) groups is 2. The number of halogens is 1. The van der Waals surface area contributed by atoms with Gasteiger partial charge in [0.1, 0.15) is 11.4 Å². The highest BCUT2D eigenvalue weighted by molar-refractivity contribution is 5.96. The molecule has 1 amide bonds. The van der Waals surface area contributed by atoms with Crippen molar-refractivity contribution < 1.29 is 23.8 Å². The van der Waals surface area contributed by atoms with E-state index in [1.165, 1.54) is 12.1 Å². The monoisotopic (exact) mass is 331 g/mol. The number of carboxylic acids is 1. The van der Waals surface area contributed by atoms with Gasteiger partial charge in [-0.2, -0.15) is 0 Å². The van der Waals surface area contributed by atoms with Gasteiger partial charge in [-0.1, -0.05) is 12.1 Å². The maximum Gasteiger partial charge on any atom is 0.412 e. The van der Waals surface area contributed by atoms with Gasteiger partial charge in [-0.3, -0.25) is 5.32 Å². The first-order valence-electron chi connectivity index (χ1n) is 7.29. The van der Waals surface area contributed by atoms with Crippen LogP contribution in [0.1, 0.15) is 31.1 Å². The van der Waals surface area contributed by atoms with Crippen LogP contribution in [0.15, 0.2) is 42.5 Å². The predicted molar refractivity (Wildman–Crippen MR) is 88.7 cm³/mol. The zero-order chi connectivity index (χ0) is 17.9. The third kappa shape index (κ3) is 4.55. The number of hydrogen-bond donors (Lipinski definition) is 2. The van der Waals surface area contributed by atoms with Crippen LogP contribution in [0.4, 0.5) is 14.9 Å². The molecule has 2 rings (SSSR count). The van der Waals surface area contributed by atoms with Crippen LogP contribution >= 0.6 is 0 Å². The summed E-state index contributed by atoms with van der Waals surface area (Å²) in [5.41, 5.74) is 0.681. The molecule has 126 valence electrons. The molecule has 0 spiro atoms. The molecule has 0 fully saturated rings. The summed E-state index contributed by atoms with van der Waals surface area (Å²) in [6.45, 7) is 5.27. The summed E-state index contributed by atoms with van der Waals surface area (Å²) in [5, 5.41) is 11.8. The molecule has 0 radical (unpaired) electrons. The standard InChI is InChI=1S/C18H18FNO4/c1-18(2,3)24-17(23)20-13-7-4-11(5-8-13)15-10-12(19)6-9-14(15)16(21)22/h4-10H,1-3H3,(H,20,23)(H,21,22). The Labute approximate surface area is 139 Å². The van der Waals surface area contributed by atoms with Crippen molar-refractivity contribution in [3.8, 4) is 11.1 Å². The Kier molecular flexibility index (Phi) is 4.87. The van der Waals surface area contributed by atoms with Gasteiger partial charge < -0.3 is 9.84 Å². The minimum absolute atomic E-state index is 0.00394. The number of benzene rings is 2. The molecule has 0 aliphatic carbocycles. The largest absolute Gasteiger partial charge is 0.478 e. The van der Waals surface area contributed by atoms with Crippen LogP contribution in [0.5, 0.6) is 0 Å². The second-order valence-corrected chi connectivity index (χ2v) is 6.20. The van der Waals surface area contributed by atoms with Crippen molar-refractivity contribution in [3.63, 3.8) is 0 Å². The van der Waals surface area contributed by atoms with E-state index in [9.17, 15) is 19.1 Å². The van der Waals surface area contributed by atoms with E-state index in [1.807, 2.05) is 0 Å². The Morgan fingerprint density at radius 2 is 1.71 bits per heavy atom. The van der Waals surface area contributed by atoms with Crippen molar-refractivity contribution in [2.75, 3.05) is 5.32 Å². The Hall–Kier alpha value is -2.89. The van der Waals surface area contributed by atoms with E-state index < -0.39 is 23.5 Å². The first-order chi connectivity index (χ1) is 11.2. The minimum Gasteiger partial charge on any atom is -0.478 e. The van der Waals surface area contributed by atoms with Gasteiger partial charge in [0, 0.05) is 5.69 Å². The number of anilines is 1. The number of nitrogens with one attached hydrogen (secondary N) is 1. The van der Waals surface area contributed by atoms with Crippen molar-refractivity contribution in [2.24, 2.45) is 0 Å². The summed E-state index contributed by atoms with van der Waals surface area (Å²) in [4.78, 5) is 23.0. The Morgan fingerprint density at radius 3 is 2.25 bits per heavy atom. The van der Waals surface area contributed by atoms with Gasteiger partial charge >= 0.3 is 12.1 Å². The summed E-state index contributed by atoms with van der Waals surface area (Å²) < 4.78 is 18.6. The number of ether oxygens (including phenoxy) is 1. The lowest BCUT2D eigenvalue weighted by atomic mass is 9.99. The van der Waals surface area contributed by atoms with Crippen molar-refractivity contribution in [1.29, 1.82) is 0 Å². The number of carbonyl (C=O) groups excluding carboxylic acids is 1. The van der Waals surface area contributed by atoms with E-state index in [1.54, 1.807) is 45.0 Å². The molecule has 0 saturated heterocycles. The van der Waals surface area contributed by atoms with Gasteiger partial charge in [-0.05, 0) is 62.2 Å². The van der Waals surface area contributed by atoms with E-state index in [0.717, 1.165) is 6.07 Å². The van der Waals surface area contributed by atoms with Gasteiger partial charge in [0.25, 0.3) is 0 Å². The fraction of sp³-hybridized carbons (Fsp3) is 0.222. The average molecular weight is 331 g/mol. The molecule has 0 heterocycles. The normalized spacial score (nSPS) is 11.0. The highest BCUT2D eigenvalue weighted by Crippen LogP contribution is 2.26. The van der Waals surface area contributed by atoms with E-state index in [4.69, 9.17) is 4.74 Å². The van der Waals surface area contributed by atoms with Crippen molar-refractivity contribution in [2.45, 2.75) is 26.4 Å². The molecule has 5 nitrogen and oxygen atoms in total. The van der Waals surface area contributed by atoms with Crippen LogP contribution in [0.2, 0.25) is 0 Å². The third-order valence-corrected chi connectivity index (χ3v) is 3.05. The first kappa shape index (κ1) is 17.5. The smallest absolute Gasteiger partial charge is 0.412 e. The molecule has 2 aromatic carbocycles. The third-order valence-electron chi connectivity index (χ3n) is 3.05. The lowest BCUT2D eigenvalue weighted by Crippen LogP contribution is -2.27. The van der Waals surface area contributed by atoms with Crippen LogP contribution in [0.3, 0.4) is 0 Å². The Morgan fingerprint density at radius 1 is 1.08 bits per heavy atom. The SMILES string of the molecule is CC(C)(C)OC(=O)Nc1ccc(-c2cc(F)ccc2C(=O)O)cc1. The Balaban J connectivity index is 2.23. The van der Waals surface area contributed by atoms with E-state index in [2.05, 4.69) is 5.32 Å². The van der Waals surface area contributed by atoms with Crippen LogP contribution in [0.25, 0.3) is 11.1 Å². The maximum atomic E-state index is 13.4. The molecule has 0 atom stereocenters. The zero-order valence-electron chi connectivity index (χ0n) is 13.6. The second-order valence-electron chi connectivity index (χ2n) is 6.20. The highest BCUT2D eigenvalue weighted by Gasteiger charge is 2.16. The number of hydrogen-bond acceptors (Lipinski definition) is 3. The van der Waals surface area contributed by atoms with Gasteiger partial charge in [-0.15, -0.1) is 0 Å². The molecule has 0 unspecified atom stereocenters. The highest BCUT2D eigenvalue weighted by atomic mass is 19.1. The van der Waals surface area contributed by atoms with Gasteiger partial charge in [-0.25, -0.2) is 14.0 Å². The van der Waals surface area contributed by atoms with E-state index in [0.29, 0.717) is 11.3 Å². The first-order valence-corrected chi connectivity index (χ1v) is 7.29. The van der Waals surface area contributed by atoms with Crippen LogP contribution in [0, 0.1) is 5.82 Å². The topological polar surface area (TPSA) is 75.6 Å². The summed E-state index contributed by atoms with van der Waals surface area (Å²) in [6, 6.07) is 9.89. The van der Waals surface area contributed by atoms with Crippen molar-refractivity contribution >= 4 is 17.7 Å². The van der Waals surface area contributed by atoms with Crippen LogP contribution in [-0.4, -0.2) is 22.8 Å². The average Bonchev–Trinajstić information content (AvgIpc) is 2.45. The molecule has 2 aromatic rings. The van der Waals surface area contributed by atoms with E-state index in [-0.39, 0.29) is 11.1 Å². The molecule has 0 aromatic heterocycles. The van der Waals surface area contributed by atoms with Gasteiger partial charge in [0.15, 0.2) is 0 Å². The molecule has 0 aliphatic rings. The number of aromatic carboxylic acids is 1. The Bertz CT molecular complexity index is 764. The maximum absolute atomic E-state index is 13.4. The van der Waals surface area contributed by atoms with Crippen molar-refractivity contribution in [1.82, 2.24) is 0 Å². The second kappa shape index (κ2) is 6.70. The molecule has 0 aliphatic heterocycles. The molecule has 6 heteroatoms. The summed E-state index contributed by atoms with van der Waals surface area (Å²) in [7, 11) is 0. The predicted octanol–water partition coefficient (Wildman–Crippen LogP) is 4.54. The number of amides is 1. The van der Waals surface area contributed by atoms with Crippen LogP contribution < -0.4 is 5.32 Å². The molecular weight excluding hydrogens is 313 g/mol. The number of carboxylic acid groups (broad SMARTS) is 1. The van der Waals surface area contributed by atoms with E-state index >= 15 is 0 Å². The van der Waals surface area contributed by atoms with Crippen LogP contribution in [-0.2, 0) is 4.74 Å². The molecule has 2 N–H and O–H groups in total. The van der Waals surface area contributed by atoms with Gasteiger partial charge in [0.2, 0.25) is 0 Å². The minimum atomic E-state index is -1.14. The fourth-order valence-electron chi connectivity index (χ4n) is 2.10. The number of rotatable bonds is 3. The molecule has 0 bridgehead atoms. The fourth-order valence-corrected chi connectivity index (χ4v) is 2.10. The quantitative estimate of drug-likeness (QED) is 0.866. The molecule has 24 heavy (non-hydrogen) atoms. The summed E-state index contributed by atoms with van der Waals surface area (Å²) in [6.07, 6.45) is -0.591. The summed E-state index contributed by atoms with van der Waals surface area (Å²) >= 11 is 0. The zero-order valence-corrected chi connectivity index (χ0v) is 13.6. The molecule has 0 saturated carbocycles. The summed E-state index contributed by atoms with van der Waals surface area (Å²) in [5.74, 6) is -1.66.